The zero-order valence-corrected chi connectivity index (χ0v) is 14.2. The molecule has 1 fully saturated rings. The maximum Gasteiger partial charge on any atom is 0.0500 e. The van der Waals surface area contributed by atoms with E-state index >= 15 is 0 Å². The van der Waals surface area contributed by atoms with Crippen molar-refractivity contribution in [3.05, 3.63) is 34.9 Å². The molecule has 1 aromatic rings. The van der Waals surface area contributed by atoms with Crippen LogP contribution >= 0.6 is 11.6 Å². The summed E-state index contributed by atoms with van der Waals surface area (Å²) in [6, 6.07) is 9.27. The molecule has 0 aromatic heterocycles. The second-order valence-corrected chi connectivity index (χ2v) is 6.67. The van der Waals surface area contributed by atoms with Gasteiger partial charge in [0.2, 0.25) is 0 Å². The Morgan fingerprint density at radius 2 is 1.57 bits per heavy atom. The van der Waals surface area contributed by atoms with Crippen molar-refractivity contribution >= 4 is 11.6 Å². The Hall–Kier alpha value is -0.610. The fourth-order valence-electron chi connectivity index (χ4n) is 3.14. The number of hydrogen-bond acceptors (Lipinski definition) is 3. The highest BCUT2D eigenvalue weighted by molar-refractivity contribution is 6.30. The zero-order valence-electron chi connectivity index (χ0n) is 13.4. The summed E-state index contributed by atoms with van der Waals surface area (Å²) >= 11 is 6.02. The normalized spacial score (nSPS) is 20.7. The summed E-state index contributed by atoms with van der Waals surface area (Å²) < 4.78 is 0. The molecule has 1 heterocycles. The highest BCUT2D eigenvalue weighted by Crippen LogP contribution is 2.27. The van der Waals surface area contributed by atoms with Gasteiger partial charge in [0.25, 0.3) is 0 Å². The van der Waals surface area contributed by atoms with Crippen molar-refractivity contribution in [2.45, 2.75) is 45.3 Å². The first-order valence-corrected chi connectivity index (χ1v) is 8.40. The molecule has 118 valence electrons. The molecular weight excluding hydrogens is 282 g/mol. The number of hydrogen-bond donors (Lipinski definition) is 1. The van der Waals surface area contributed by atoms with Crippen molar-refractivity contribution in [3.8, 4) is 0 Å². The molecule has 0 saturated carbocycles. The average Bonchev–Trinajstić information content (AvgIpc) is 2.49. The molecule has 2 rings (SSSR count). The van der Waals surface area contributed by atoms with Crippen LogP contribution in [0.1, 0.15) is 38.8 Å². The van der Waals surface area contributed by atoms with Crippen LogP contribution in [-0.4, -0.2) is 48.1 Å². The molecule has 1 aromatic carbocycles. The first-order valence-electron chi connectivity index (χ1n) is 8.02. The summed E-state index contributed by atoms with van der Waals surface area (Å²) in [7, 11) is 0. The first-order chi connectivity index (χ1) is 10.0. The van der Waals surface area contributed by atoms with Gasteiger partial charge in [-0.1, -0.05) is 30.7 Å². The van der Waals surface area contributed by atoms with E-state index in [0.29, 0.717) is 12.1 Å². The smallest absolute Gasteiger partial charge is 0.0500 e. The van der Waals surface area contributed by atoms with Gasteiger partial charge in [0.05, 0.1) is 0 Å². The predicted octanol–water partition coefficient (Wildman–Crippen LogP) is 3.14. The molecule has 0 bridgehead atoms. The lowest BCUT2D eigenvalue weighted by Gasteiger charge is -2.42. The number of halogens is 1. The summed E-state index contributed by atoms with van der Waals surface area (Å²) in [5.41, 5.74) is 7.71. The molecule has 0 aliphatic carbocycles. The molecule has 0 spiro atoms. The lowest BCUT2D eigenvalue weighted by atomic mass is 9.95. The van der Waals surface area contributed by atoms with E-state index in [9.17, 15) is 0 Å². The Morgan fingerprint density at radius 3 is 2.05 bits per heavy atom. The van der Waals surface area contributed by atoms with E-state index in [1.807, 2.05) is 12.1 Å². The Morgan fingerprint density at radius 1 is 1.05 bits per heavy atom. The third-order valence-corrected chi connectivity index (χ3v) is 4.81. The summed E-state index contributed by atoms with van der Waals surface area (Å²) in [6.07, 6.45) is 0.984. The van der Waals surface area contributed by atoms with Crippen LogP contribution in [0.2, 0.25) is 5.02 Å². The van der Waals surface area contributed by atoms with Crippen molar-refractivity contribution in [1.29, 1.82) is 0 Å². The summed E-state index contributed by atoms with van der Waals surface area (Å²) in [5.74, 6) is 0. The lowest BCUT2D eigenvalue weighted by molar-refractivity contribution is 0.0679. The largest absolute Gasteiger partial charge is 0.326 e. The van der Waals surface area contributed by atoms with Crippen molar-refractivity contribution in [3.63, 3.8) is 0 Å². The van der Waals surface area contributed by atoms with Gasteiger partial charge >= 0.3 is 0 Å². The minimum atomic E-state index is 0.164. The Bertz CT molecular complexity index is 424. The van der Waals surface area contributed by atoms with Gasteiger partial charge in [0, 0.05) is 49.3 Å². The van der Waals surface area contributed by atoms with E-state index in [-0.39, 0.29) is 6.04 Å². The number of nitrogens with two attached hydrogens (primary N) is 1. The number of benzene rings is 1. The van der Waals surface area contributed by atoms with Gasteiger partial charge < -0.3 is 5.73 Å². The van der Waals surface area contributed by atoms with Crippen LogP contribution in [0.3, 0.4) is 0 Å². The first kappa shape index (κ1) is 16.8. The minimum Gasteiger partial charge on any atom is -0.326 e. The average molecular weight is 310 g/mol. The molecule has 0 radical (unpaired) electrons. The van der Waals surface area contributed by atoms with Crippen LogP contribution in [0.25, 0.3) is 0 Å². The van der Waals surface area contributed by atoms with E-state index < -0.39 is 0 Å². The van der Waals surface area contributed by atoms with Crippen LogP contribution in [0.4, 0.5) is 0 Å². The zero-order chi connectivity index (χ0) is 15.4. The van der Waals surface area contributed by atoms with E-state index in [4.69, 9.17) is 17.3 Å². The fourth-order valence-corrected chi connectivity index (χ4v) is 3.27. The Kier molecular flexibility index (Phi) is 6.06. The summed E-state index contributed by atoms with van der Waals surface area (Å²) in [5, 5.41) is 0.784. The third kappa shape index (κ3) is 4.19. The third-order valence-electron chi connectivity index (χ3n) is 4.56. The van der Waals surface area contributed by atoms with Crippen molar-refractivity contribution < 1.29 is 0 Å². The Labute approximate surface area is 134 Å². The SMILES string of the molecule is CCC(N)C(c1ccc(Cl)cc1)N1CCN(C(C)C)CC1. The van der Waals surface area contributed by atoms with Gasteiger partial charge in [0.15, 0.2) is 0 Å². The number of rotatable bonds is 5. The molecule has 4 heteroatoms. The van der Waals surface area contributed by atoms with Crippen LogP contribution in [0.15, 0.2) is 24.3 Å². The van der Waals surface area contributed by atoms with E-state index in [0.717, 1.165) is 37.6 Å². The monoisotopic (exact) mass is 309 g/mol. The van der Waals surface area contributed by atoms with Gasteiger partial charge in [0.1, 0.15) is 0 Å². The van der Waals surface area contributed by atoms with E-state index in [2.05, 4.69) is 42.7 Å². The maximum atomic E-state index is 6.42. The van der Waals surface area contributed by atoms with Gasteiger partial charge in [-0.25, -0.2) is 0 Å². The quantitative estimate of drug-likeness (QED) is 0.907. The molecule has 3 nitrogen and oxygen atoms in total. The summed E-state index contributed by atoms with van der Waals surface area (Å²) in [6.45, 7) is 11.1. The molecule has 2 N–H and O–H groups in total. The van der Waals surface area contributed by atoms with Crippen LogP contribution in [0, 0.1) is 0 Å². The van der Waals surface area contributed by atoms with Crippen LogP contribution < -0.4 is 5.73 Å². The minimum absolute atomic E-state index is 0.164. The number of nitrogens with zero attached hydrogens (tertiary/aromatic N) is 2. The number of piperazine rings is 1. The predicted molar refractivity (Wildman–Crippen MR) is 90.7 cm³/mol. The fraction of sp³-hybridized carbons (Fsp3) is 0.647. The van der Waals surface area contributed by atoms with Gasteiger partial charge in [-0.3, -0.25) is 9.80 Å². The van der Waals surface area contributed by atoms with E-state index in [1.54, 1.807) is 0 Å². The molecule has 2 atom stereocenters. The maximum absolute atomic E-state index is 6.42. The second-order valence-electron chi connectivity index (χ2n) is 6.23. The van der Waals surface area contributed by atoms with Crippen LogP contribution in [0.5, 0.6) is 0 Å². The highest BCUT2D eigenvalue weighted by Gasteiger charge is 2.29. The van der Waals surface area contributed by atoms with E-state index in [1.165, 1.54) is 5.56 Å². The molecule has 1 aliphatic heterocycles. The van der Waals surface area contributed by atoms with Gasteiger partial charge in [-0.05, 0) is 38.0 Å². The van der Waals surface area contributed by atoms with Crippen molar-refractivity contribution in [2.24, 2.45) is 5.73 Å². The molecule has 0 amide bonds. The van der Waals surface area contributed by atoms with Crippen molar-refractivity contribution in [2.75, 3.05) is 26.2 Å². The molecule has 21 heavy (non-hydrogen) atoms. The Balaban J connectivity index is 2.12. The lowest BCUT2D eigenvalue weighted by Crippen LogP contribution is -2.52. The van der Waals surface area contributed by atoms with Crippen molar-refractivity contribution in [1.82, 2.24) is 9.80 Å². The molecule has 1 saturated heterocycles. The second kappa shape index (κ2) is 7.59. The van der Waals surface area contributed by atoms with Crippen LogP contribution in [-0.2, 0) is 0 Å². The highest BCUT2D eigenvalue weighted by atomic mass is 35.5. The topological polar surface area (TPSA) is 32.5 Å². The van der Waals surface area contributed by atoms with Gasteiger partial charge in [-0.15, -0.1) is 0 Å². The molecule has 2 unspecified atom stereocenters. The molecule has 1 aliphatic rings. The van der Waals surface area contributed by atoms with Gasteiger partial charge in [-0.2, -0.15) is 0 Å². The molecular formula is C17H28ClN3. The summed E-state index contributed by atoms with van der Waals surface area (Å²) in [4.78, 5) is 5.07. The standard InChI is InChI=1S/C17H28ClN3/c1-4-16(19)17(14-5-7-15(18)8-6-14)21-11-9-20(10-12-21)13(2)3/h5-8,13,16-17H,4,9-12,19H2,1-3H3.